The van der Waals surface area contributed by atoms with Crippen LogP contribution in [0.4, 0.5) is 4.39 Å². The van der Waals surface area contributed by atoms with Crippen molar-refractivity contribution in [3.63, 3.8) is 0 Å². The van der Waals surface area contributed by atoms with Crippen molar-refractivity contribution in [2.75, 3.05) is 6.54 Å². The number of hydrogen-bond donors (Lipinski definition) is 2. The van der Waals surface area contributed by atoms with E-state index in [0.29, 0.717) is 13.0 Å². The fourth-order valence-electron chi connectivity index (χ4n) is 1.89. The van der Waals surface area contributed by atoms with E-state index in [0.717, 1.165) is 17.5 Å². The van der Waals surface area contributed by atoms with Crippen LogP contribution in [0.2, 0.25) is 0 Å². The first kappa shape index (κ1) is 15.6. The summed E-state index contributed by atoms with van der Waals surface area (Å²) in [5, 5.41) is 2.83. The number of amides is 1. The highest BCUT2D eigenvalue weighted by Gasteiger charge is 2.18. The zero-order valence-corrected chi connectivity index (χ0v) is 11.9. The third-order valence-electron chi connectivity index (χ3n) is 3.56. The SMILES string of the molecule is CCC(C)[C@H](N)C(=O)NCCc1ccc(F)cc1C. The molecule has 0 aliphatic heterocycles. The van der Waals surface area contributed by atoms with E-state index < -0.39 is 6.04 Å². The summed E-state index contributed by atoms with van der Waals surface area (Å²) in [6, 6.07) is 4.24. The third-order valence-corrected chi connectivity index (χ3v) is 3.56. The normalized spacial score (nSPS) is 13.9. The van der Waals surface area contributed by atoms with E-state index >= 15 is 0 Å². The van der Waals surface area contributed by atoms with Crippen LogP contribution in [0.25, 0.3) is 0 Å². The number of carbonyl (C=O) groups excluding carboxylic acids is 1. The Kier molecular flexibility index (Phi) is 5.96. The van der Waals surface area contributed by atoms with E-state index in [1.807, 2.05) is 20.8 Å². The lowest BCUT2D eigenvalue weighted by molar-refractivity contribution is -0.123. The summed E-state index contributed by atoms with van der Waals surface area (Å²) in [5.41, 5.74) is 7.78. The summed E-state index contributed by atoms with van der Waals surface area (Å²) < 4.78 is 12.9. The summed E-state index contributed by atoms with van der Waals surface area (Å²) in [6.07, 6.45) is 1.57. The van der Waals surface area contributed by atoms with E-state index in [2.05, 4.69) is 5.32 Å². The van der Waals surface area contributed by atoms with Gasteiger partial charge in [0.05, 0.1) is 6.04 Å². The molecule has 1 aromatic carbocycles. The van der Waals surface area contributed by atoms with Gasteiger partial charge in [-0.25, -0.2) is 4.39 Å². The Balaban J connectivity index is 2.44. The average Bonchev–Trinajstić information content (AvgIpc) is 2.39. The molecular formula is C15H23FN2O. The van der Waals surface area contributed by atoms with E-state index in [-0.39, 0.29) is 17.6 Å². The summed E-state index contributed by atoms with van der Waals surface area (Å²) in [6.45, 7) is 6.37. The van der Waals surface area contributed by atoms with Crippen LogP contribution in [0, 0.1) is 18.7 Å². The van der Waals surface area contributed by atoms with Gasteiger partial charge in [-0.3, -0.25) is 4.79 Å². The van der Waals surface area contributed by atoms with Crippen molar-refractivity contribution in [1.29, 1.82) is 0 Å². The highest BCUT2D eigenvalue weighted by Crippen LogP contribution is 2.10. The van der Waals surface area contributed by atoms with Crippen molar-refractivity contribution in [1.82, 2.24) is 5.32 Å². The minimum Gasteiger partial charge on any atom is -0.354 e. The van der Waals surface area contributed by atoms with Crippen molar-refractivity contribution in [3.8, 4) is 0 Å². The van der Waals surface area contributed by atoms with Gasteiger partial charge < -0.3 is 11.1 Å². The highest BCUT2D eigenvalue weighted by molar-refractivity contribution is 5.81. The molecule has 0 radical (unpaired) electrons. The minimum absolute atomic E-state index is 0.117. The minimum atomic E-state index is -0.459. The number of benzene rings is 1. The molecule has 106 valence electrons. The van der Waals surface area contributed by atoms with Crippen LogP contribution in [0.5, 0.6) is 0 Å². The zero-order valence-electron chi connectivity index (χ0n) is 11.9. The van der Waals surface area contributed by atoms with Gasteiger partial charge >= 0.3 is 0 Å². The third kappa shape index (κ3) is 4.63. The van der Waals surface area contributed by atoms with Crippen LogP contribution in [0.15, 0.2) is 18.2 Å². The van der Waals surface area contributed by atoms with E-state index in [4.69, 9.17) is 5.73 Å². The van der Waals surface area contributed by atoms with E-state index in [1.165, 1.54) is 12.1 Å². The standard InChI is InChI=1S/C15H23FN2O/c1-4-10(2)14(17)15(19)18-8-7-12-5-6-13(16)9-11(12)3/h5-6,9-10,14H,4,7-8,17H2,1-3H3,(H,18,19)/t10?,14-/m0/s1. The second-order valence-corrected chi connectivity index (χ2v) is 5.02. The second-order valence-electron chi connectivity index (χ2n) is 5.02. The number of aryl methyl sites for hydroxylation is 1. The molecule has 0 heterocycles. The van der Waals surface area contributed by atoms with Gasteiger partial charge in [0.2, 0.25) is 5.91 Å². The van der Waals surface area contributed by atoms with E-state index in [1.54, 1.807) is 6.07 Å². The molecule has 2 atom stereocenters. The fourth-order valence-corrected chi connectivity index (χ4v) is 1.89. The molecule has 3 N–H and O–H groups in total. The van der Waals surface area contributed by atoms with E-state index in [9.17, 15) is 9.18 Å². The molecule has 1 amide bonds. The van der Waals surface area contributed by atoms with Crippen LogP contribution >= 0.6 is 0 Å². The Hall–Kier alpha value is -1.42. The molecule has 1 rings (SSSR count). The smallest absolute Gasteiger partial charge is 0.237 e. The Morgan fingerprint density at radius 2 is 2.16 bits per heavy atom. The van der Waals surface area contributed by atoms with Crippen molar-refractivity contribution in [2.24, 2.45) is 11.7 Å². The van der Waals surface area contributed by atoms with Gasteiger partial charge in [0.1, 0.15) is 5.82 Å². The fraction of sp³-hybridized carbons (Fsp3) is 0.533. The maximum absolute atomic E-state index is 12.9. The van der Waals surface area contributed by atoms with Crippen molar-refractivity contribution in [2.45, 2.75) is 39.7 Å². The molecule has 0 aliphatic rings. The van der Waals surface area contributed by atoms with Crippen LogP contribution in [-0.4, -0.2) is 18.5 Å². The number of hydrogen-bond acceptors (Lipinski definition) is 2. The maximum Gasteiger partial charge on any atom is 0.237 e. The number of rotatable bonds is 6. The summed E-state index contributed by atoms with van der Waals surface area (Å²) in [7, 11) is 0. The van der Waals surface area contributed by atoms with Crippen LogP contribution in [0.1, 0.15) is 31.4 Å². The molecule has 1 unspecified atom stereocenters. The van der Waals surface area contributed by atoms with Crippen LogP contribution in [0.3, 0.4) is 0 Å². The first-order valence-corrected chi connectivity index (χ1v) is 6.74. The molecule has 0 spiro atoms. The van der Waals surface area contributed by atoms with Crippen LogP contribution < -0.4 is 11.1 Å². The Morgan fingerprint density at radius 1 is 1.47 bits per heavy atom. The molecule has 3 nitrogen and oxygen atoms in total. The van der Waals surface area contributed by atoms with Crippen molar-refractivity contribution >= 4 is 5.91 Å². The lowest BCUT2D eigenvalue weighted by Gasteiger charge is -2.17. The molecule has 0 bridgehead atoms. The zero-order chi connectivity index (χ0) is 14.4. The monoisotopic (exact) mass is 266 g/mol. The number of halogens is 1. The van der Waals surface area contributed by atoms with Gasteiger partial charge in [0, 0.05) is 6.54 Å². The first-order chi connectivity index (χ1) is 8.95. The molecular weight excluding hydrogens is 243 g/mol. The average molecular weight is 266 g/mol. The molecule has 0 fully saturated rings. The predicted molar refractivity (Wildman–Crippen MR) is 75.3 cm³/mol. The topological polar surface area (TPSA) is 55.1 Å². The maximum atomic E-state index is 12.9. The van der Waals surface area contributed by atoms with Crippen molar-refractivity contribution < 1.29 is 9.18 Å². The van der Waals surface area contributed by atoms with Crippen LogP contribution in [-0.2, 0) is 11.2 Å². The first-order valence-electron chi connectivity index (χ1n) is 6.74. The summed E-state index contributed by atoms with van der Waals surface area (Å²) in [5.74, 6) is -0.175. The summed E-state index contributed by atoms with van der Waals surface area (Å²) >= 11 is 0. The van der Waals surface area contributed by atoms with Gasteiger partial charge in [-0.15, -0.1) is 0 Å². The largest absolute Gasteiger partial charge is 0.354 e. The molecule has 1 aromatic rings. The Morgan fingerprint density at radius 3 is 2.74 bits per heavy atom. The lowest BCUT2D eigenvalue weighted by Crippen LogP contribution is -2.45. The number of nitrogens with two attached hydrogens (primary N) is 1. The van der Waals surface area contributed by atoms with Gasteiger partial charge in [-0.1, -0.05) is 26.3 Å². The van der Waals surface area contributed by atoms with Crippen molar-refractivity contribution in [3.05, 3.63) is 35.1 Å². The Labute approximate surface area is 114 Å². The molecule has 4 heteroatoms. The van der Waals surface area contributed by atoms with Gasteiger partial charge in [0.25, 0.3) is 0 Å². The molecule has 0 saturated carbocycles. The van der Waals surface area contributed by atoms with Gasteiger partial charge in [-0.05, 0) is 42.5 Å². The Bertz CT molecular complexity index is 434. The number of nitrogens with one attached hydrogen (secondary N) is 1. The van der Waals surface area contributed by atoms with Gasteiger partial charge in [0.15, 0.2) is 0 Å². The molecule has 19 heavy (non-hydrogen) atoms. The highest BCUT2D eigenvalue weighted by atomic mass is 19.1. The predicted octanol–water partition coefficient (Wildman–Crippen LogP) is 2.17. The quantitative estimate of drug-likeness (QED) is 0.829. The molecule has 0 saturated heterocycles. The second kappa shape index (κ2) is 7.24. The summed E-state index contributed by atoms with van der Waals surface area (Å²) in [4.78, 5) is 11.8. The van der Waals surface area contributed by atoms with Gasteiger partial charge in [-0.2, -0.15) is 0 Å². The number of carbonyl (C=O) groups is 1. The lowest BCUT2D eigenvalue weighted by atomic mass is 9.99. The molecule has 0 aliphatic carbocycles. The molecule has 0 aromatic heterocycles.